The molecule has 1 saturated carbocycles. The third kappa shape index (κ3) is 4.78. The highest BCUT2D eigenvalue weighted by molar-refractivity contribution is 7.99. The zero-order valence-corrected chi connectivity index (χ0v) is 13.4. The van der Waals surface area contributed by atoms with Gasteiger partial charge in [0.25, 0.3) is 0 Å². The summed E-state index contributed by atoms with van der Waals surface area (Å²) in [7, 11) is 1.60. The summed E-state index contributed by atoms with van der Waals surface area (Å²) in [5.74, 6) is 1.16. The van der Waals surface area contributed by atoms with Crippen molar-refractivity contribution in [2.45, 2.75) is 44.2 Å². The van der Waals surface area contributed by atoms with Gasteiger partial charge < -0.3 is 20.3 Å². The third-order valence-electron chi connectivity index (χ3n) is 3.98. The number of carbonyl (C=O) groups excluding carboxylic acids is 2. The molecule has 6 nitrogen and oxygen atoms in total. The van der Waals surface area contributed by atoms with Crippen LogP contribution in [-0.2, 0) is 9.53 Å². The quantitative estimate of drug-likeness (QED) is 0.747. The largest absolute Gasteiger partial charge is 0.383 e. The molecule has 7 heteroatoms. The minimum Gasteiger partial charge on any atom is -0.383 e. The molecule has 2 N–H and O–H groups in total. The molecule has 0 spiro atoms. The number of methoxy groups -OCH3 is 1. The SMILES string of the molecule is COCCNC(=O)[C@@H]1CSCN1C(=O)NC1CCCCC1. The number of rotatable bonds is 5. The number of nitrogens with one attached hydrogen (secondary N) is 2. The average molecular weight is 315 g/mol. The van der Waals surface area contributed by atoms with Gasteiger partial charge in [-0.3, -0.25) is 4.79 Å². The maximum atomic E-state index is 12.4. The van der Waals surface area contributed by atoms with Crippen LogP contribution in [0.1, 0.15) is 32.1 Å². The molecule has 2 rings (SSSR count). The molecule has 3 amide bonds. The normalized spacial score (nSPS) is 23.1. The zero-order valence-electron chi connectivity index (χ0n) is 12.6. The van der Waals surface area contributed by atoms with Gasteiger partial charge in [-0.2, -0.15) is 0 Å². The van der Waals surface area contributed by atoms with Gasteiger partial charge in [0, 0.05) is 25.4 Å². The number of carbonyl (C=O) groups is 2. The van der Waals surface area contributed by atoms with Gasteiger partial charge in [-0.1, -0.05) is 19.3 Å². The van der Waals surface area contributed by atoms with Gasteiger partial charge >= 0.3 is 6.03 Å². The van der Waals surface area contributed by atoms with E-state index in [-0.39, 0.29) is 24.0 Å². The second kappa shape index (κ2) is 8.48. The number of hydrogen-bond donors (Lipinski definition) is 2. The van der Waals surface area contributed by atoms with Crippen LogP contribution >= 0.6 is 11.8 Å². The lowest BCUT2D eigenvalue weighted by atomic mass is 9.96. The first-order valence-corrected chi connectivity index (χ1v) is 8.79. The standard InChI is InChI=1S/C14H25N3O3S/c1-20-8-7-15-13(18)12-9-21-10-17(12)14(19)16-11-5-3-2-4-6-11/h11-12H,2-10H2,1H3,(H,15,18)(H,16,19)/t12-/m0/s1. The molecule has 0 aromatic heterocycles. The Morgan fingerprint density at radius 3 is 2.76 bits per heavy atom. The predicted molar refractivity (Wildman–Crippen MR) is 83.2 cm³/mol. The Labute approximate surface area is 130 Å². The van der Waals surface area contributed by atoms with Gasteiger partial charge in [-0.15, -0.1) is 11.8 Å². The van der Waals surface area contributed by atoms with E-state index in [0.29, 0.717) is 24.8 Å². The second-order valence-corrected chi connectivity index (χ2v) is 6.55. The van der Waals surface area contributed by atoms with Gasteiger partial charge in [0.05, 0.1) is 12.5 Å². The van der Waals surface area contributed by atoms with E-state index >= 15 is 0 Å². The van der Waals surface area contributed by atoms with Crippen LogP contribution in [0.15, 0.2) is 0 Å². The monoisotopic (exact) mass is 315 g/mol. The topological polar surface area (TPSA) is 70.7 Å². The summed E-state index contributed by atoms with van der Waals surface area (Å²) in [6.45, 7) is 0.967. The highest BCUT2D eigenvalue weighted by Crippen LogP contribution is 2.22. The molecule has 1 aliphatic carbocycles. The number of hydrogen-bond acceptors (Lipinski definition) is 4. The molecule has 2 fully saturated rings. The summed E-state index contributed by atoms with van der Waals surface area (Å²) in [5, 5.41) is 5.90. The Bertz CT molecular complexity index is 361. The molecule has 1 saturated heterocycles. The summed E-state index contributed by atoms with van der Waals surface area (Å²) in [4.78, 5) is 26.1. The van der Waals surface area contributed by atoms with Crippen molar-refractivity contribution < 1.29 is 14.3 Å². The van der Waals surface area contributed by atoms with Crippen LogP contribution in [0.5, 0.6) is 0 Å². The lowest BCUT2D eigenvalue weighted by molar-refractivity contribution is -0.124. The van der Waals surface area contributed by atoms with Crippen molar-refractivity contribution >= 4 is 23.7 Å². The second-order valence-electron chi connectivity index (χ2n) is 5.55. The Morgan fingerprint density at radius 2 is 2.05 bits per heavy atom. The number of urea groups is 1. The van der Waals surface area contributed by atoms with Gasteiger partial charge in [0.1, 0.15) is 6.04 Å². The van der Waals surface area contributed by atoms with Crippen molar-refractivity contribution in [3.63, 3.8) is 0 Å². The molecule has 2 aliphatic rings. The fourth-order valence-corrected chi connectivity index (χ4v) is 3.91. The molecule has 1 atom stereocenters. The Balaban J connectivity index is 1.82. The van der Waals surface area contributed by atoms with Crippen molar-refractivity contribution in [2.24, 2.45) is 0 Å². The first-order chi connectivity index (χ1) is 10.2. The van der Waals surface area contributed by atoms with Crippen LogP contribution in [0.25, 0.3) is 0 Å². The summed E-state index contributed by atoms with van der Waals surface area (Å²) < 4.78 is 4.92. The van der Waals surface area contributed by atoms with E-state index in [1.807, 2.05) is 0 Å². The Hall–Kier alpha value is -0.950. The molecule has 1 heterocycles. The number of thioether (sulfide) groups is 1. The van der Waals surface area contributed by atoms with E-state index < -0.39 is 0 Å². The Kier molecular flexibility index (Phi) is 6.63. The van der Waals surface area contributed by atoms with E-state index in [9.17, 15) is 9.59 Å². The van der Waals surface area contributed by atoms with Crippen LogP contribution < -0.4 is 10.6 Å². The average Bonchev–Trinajstić information content (AvgIpc) is 2.98. The van der Waals surface area contributed by atoms with Gasteiger partial charge in [-0.25, -0.2) is 4.79 Å². The third-order valence-corrected chi connectivity index (χ3v) is 5.00. The van der Waals surface area contributed by atoms with Crippen LogP contribution in [0.3, 0.4) is 0 Å². The van der Waals surface area contributed by atoms with Crippen LogP contribution in [-0.4, -0.2) is 60.8 Å². The molecule has 1 aliphatic heterocycles. The van der Waals surface area contributed by atoms with Crippen LogP contribution in [0.4, 0.5) is 4.79 Å². The maximum Gasteiger partial charge on any atom is 0.319 e. The summed E-state index contributed by atoms with van der Waals surface area (Å²) in [5.41, 5.74) is 0. The Morgan fingerprint density at radius 1 is 1.29 bits per heavy atom. The van der Waals surface area contributed by atoms with Gasteiger partial charge in [0.2, 0.25) is 5.91 Å². The summed E-state index contributed by atoms with van der Waals surface area (Å²) in [6, 6.07) is -0.191. The summed E-state index contributed by atoms with van der Waals surface area (Å²) in [6.07, 6.45) is 5.73. The first-order valence-electron chi connectivity index (χ1n) is 7.64. The zero-order chi connectivity index (χ0) is 15.1. The molecule has 0 bridgehead atoms. The predicted octanol–water partition coefficient (Wildman–Crippen LogP) is 1.17. The molecule has 0 unspecified atom stereocenters. The van der Waals surface area contributed by atoms with Crippen LogP contribution in [0.2, 0.25) is 0 Å². The minimum atomic E-state index is -0.365. The van der Waals surface area contributed by atoms with Crippen molar-refractivity contribution in [1.29, 1.82) is 0 Å². The van der Waals surface area contributed by atoms with Crippen molar-refractivity contribution in [3.8, 4) is 0 Å². The minimum absolute atomic E-state index is 0.0872. The molecular formula is C14H25N3O3S. The van der Waals surface area contributed by atoms with Crippen molar-refractivity contribution in [3.05, 3.63) is 0 Å². The molecular weight excluding hydrogens is 290 g/mol. The lowest BCUT2D eigenvalue weighted by Crippen LogP contribution is -2.53. The highest BCUT2D eigenvalue weighted by atomic mass is 32.2. The molecule has 0 aromatic rings. The molecule has 0 radical (unpaired) electrons. The molecule has 120 valence electrons. The number of nitrogens with zero attached hydrogens (tertiary/aromatic N) is 1. The van der Waals surface area contributed by atoms with E-state index in [0.717, 1.165) is 12.8 Å². The molecule has 21 heavy (non-hydrogen) atoms. The molecule has 0 aromatic carbocycles. The van der Waals surface area contributed by atoms with Crippen LogP contribution in [0, 0.1) is 0 Å². The maximum absolute atomic E-state index is 12.4. The number of amides is 3. The van der Waals surface area contributed by atoms with Crippen molar-refractivity contribution in [2.75, 3.05) is 31.9 Å². The van der Waals surface area contributed by atoms with E-state index in [1.165, 1.54) is 19.3 Å². The summed E-state index contributed by atoms with van der Waals surface area (Å²) >= 11 is 1.62. The van der Waals surface area contributed by atoms with Gasteiger partial charge in [-0.05, 0) is 12.8 Å². The first kappa shape index (κ1) is 16.4. The highest BCUT2D eigenvalue weighted by Gasteiger charge is 2.35. The fraction of sp³-hybridized carbons (Fsp3) is 0.857. The smallest absolute Gasteiger partial charge is 0.319 e. The van der Waals surface area contributed by atoms with E-state index in [4.69, 9.17) is 4.74 Å². The number of ether oxygens (including phenoxy) is 1. The van der Waals surface area contributed by atoms with E-state index in [1.54, 1.807) is 23.8 Å². The van der Waals surface area contributed by atoms with Gasteiger partial charge in [0.15, 0.2) is 0 Å². The fourth-order valence-electron chi connectivity index (χ4n) is 2.76. The lowest BCUT2D eigenvalue weighted by Gasteiger charge is -2.28. The van der Waals surface area contributed by atoms with E-state index in [2.05, 4.69) is 10.6 Å². The van der Waals surface area contributed by atoms with Crippen molar-refractivity contribution in [1.82, 2.24) is 15.5 Å².